The summed E-state index contributed by atoms with van der Waals surface area (Å²) in [5.41, 5.74) is 8.01. The van der Waals surface area contributed by atoms with Gasteiger partial charge in [0.1, 0.15) is 0 Å². The van der Waals surface area contributed by atoms with E-state index in [2.05, 4.69) is 24.4 Å². The third-order valence-corrected chi connectivity index (χ3v) is 1.34. The zero-order valence-corrected chi connectivity index (χ0v) is 6.97. The van der Waals surface area contributed by atoms with Crippen LogP contribution in [0.5, 0.6) is 0 Å². The molecule has 0 saturated heterocycles. The van der Waals surface area contributed by atoms with Crippen molar-refractivity contribution in [3.8, 4) is 0 Å². The summed E-state index contributed by atoms with van der Waals surface area (Å²) in [6, 6.07) is 0. The van der Waals surface area contributed by atoms with Gasteiger partial charge < -0.3 is 6.96 Å². The maximum atomic E-state index is 8.01. The van der Waals surface area contributed by atoms with Crippen LogP contribution in [0.3, 0.4) is 0 Å². The topological polar surface area (TPSA) is 36.4 Å². The summed E-state index contributed by atoms with van der Waals surface area (Å²) in [4.78, 5) is 2.94. The molecule has 0 rings (SSSR count). The van der Waals surface area contributed by atoms with Crippen molar-refractivity contribution in [2.75, 3.05) is 0 Å². The van der Waals surface area contributed by atoms with E-state index in [0.717, 1.165) is 0 Å². The standard InChI is InChI=1S/C4H10N2Si.Li.H/c1-7(2,3)4-6-5;;/h4H,1-3H3;;/q;+1;-1. The van der Waals surface area contributed by atoms with Crippen molar-refractivity contribution in [1.82, 2.24) is 0 Å². The van der Waals surface area contributed by atoms with Crippen molar-refractivity contribution in [1.29, 1.82) is 0 Å². The van der Waals surface area contributed by atoms with Crippen LogP contribution in [0, 0.1) is 0 Å². The summed E-state index contributed by atoms with van der Waals surface area (Å²) in [5, 5.41) is 0. The molecule has 0 aliphatic carbocycles. The fourth-order valence-electron chi connectivity index (χ4n) is 0.173. The van der Waals surface area contributed by atoms with Crippen LogP contribution >= 0.6 is 0 Å². The molecular weight excluding hydrogens is 111 g/mol. The number of rotatable bonds is 1. The van der Waals surface area contributed by atoms with Crippen LogP contribution in [-0.2, 0) is 0 Å². The van der Waals surface area contributed by atoms with Gasteiger partial charge >= 0.3 is 18.9 Å². The molecule has 0 N–H and O–H groups in total. The molecule has 0 atom stereocenters. The summed E-state index contributed by atoms with van der Waals surface area (Å²) < 4.78 is 0. The Labute approximate surface area is 64.6 Å². The monoisotopic (exact) mass is 122 g/mol. The average molecular weight is 122 g/mol. The van der Waals surface area contributed by atoms with Crippen LogP contribution in [0.4, 0.5) is 0 Å². The molecule has 0 aromatic carbocycles. The Morgan fingerprint density at radius 3 is 1.88 bits per heavy atom. The van der Waals surface area contributed by atoms with E-state index in [1.54, 1.807) is 5.84 Å². The Morgan fingerprint density at radius 2 is 1.88 bits per heavy atom. The molecule has 0 aromatic rings. The molecule has 0 fully saturated rings. The summed E-state index contributed by atoms with van der Waals surface area (Å²) in [6.45, 7) is 6.31. The number of nitrogens with zero attached hydrogens (tertiary/aromatic N) is 2. The molecule has 2 nitrogen and oxygen atoms in total. The maximum absolute atomic E-state index is 8.01. The summed E-state index contributed by atoms with van der Waals surface area (Å²) in [6.07, 6.45) is 0. The van der Waals surface area contributed by atoms with E-state index in [9.17, 15) is 0 Å². The van der Waals surface area contributed by atoms with E-state index >= 15 is 0 Å². The molecule has 0 unspecified atom stereocenters. The van der Waals surface area contributed by atoms with Crippen LogP contribution in [0.2, 0.25) is 19.6 Å². The SMILES string of the molecule is C[Si](C)(C)C=[N+]=[N-].[H-].[Li+]. The Morgan fingerprint density at radius 1 is 1.50 bits per heavy atom. The van der Waals surface area contributed by atoms with Crippen LogP contribution in [0.25, 0.3) is 5.53 Å². The van der Waals surface area contributed by atoms with E-state index in [-0.39, 0.29) is 20.3 Å². The van der Waals surface area contributed by atoms with Gasteiger partial charge in [0.15, 0.2) is 8.07 Å². The predicted molar refractivity (Wildman–Crippen MR) is 34.1 cm³/mol. The smallest absolute Gasteiger partial charge is 1.00 e. The first-order chi connectivity index (χ1) is 3.06. The van der Waals surface area contributed by atoms with Gasteiger partial charge in [-0.2, -0.15) is 4.79 Å². The minimum atomic E-state index is -1.20. The molecule has 0 aromatic heterocycles. The van der Waals surface area contributed by atoms with Gasteiger partial charge in [0.2, 0.25) is 5.84 Å². The molecule has 0 aliphatic rings. The van der Waals surface area contributed by atoms with Crippen molar-refractivity contribution < 1.29 is 25.1 Å². The minimum absolute atomic E-state index is 0. The van der Waals surface area contributed by atoms with E-state index < -0.39 is 8.07 Å². The molecule has 0 heterocycles. The molecular formula is C4H11LiN2Si. The van der Waals surface area contributed by atoms with Gasteiger partial charge in [0, 0.05) is 0 Å². The van der Waals surface area contributed by atoms with Crippen molar-refractivity contribution in [2.24, 2.45) is 0 Å². The van der Waals surface area contributed by atoms with Gasteiger partial charge in [-0.15, -0.1) is 0 Å². The molecule has 0 amide bonds. The van der Waals surface area contributed by atoms with Gasteiger partial charge in [0.25, 0.3) is 0 Å². The molecule has 8 heavy (non-hydrogen) atoms. The normalized spacial score (nSPS) is 8.88. The molecule has 0 saturated carbocycles. The number of hydrogen-bond donors (Lipinski definition) is 0. The molecule has 4 heteroatoms. The molecule has 0 bridgehead atoms. The minimum Gasteiger partial charge on any atom is -1.00 e. The zero-order valence-electron chi connectivity index (χ0n) is 6.97. The molecule has 42 valence electrons. The predicted octanol–water partition coefficient (Wildman–Crippen LogP) is -1.72. The fraction of sp³-hybridized carbons (Fsp3) is 0.750. The first-order valence-electron chi connectivity index (χ1n) is 2.25. The maximum Gasteiger partial charge on any atom is 1.00 e. The first-order valence-corrected chi connectivity index (χ1v) is 5.82. The van der Waals surface area contributed by atoms with Gasteiger partial charge in [-0.25, -0.2) is 0 Å². The van der Waals surface area contributed by atoms with Crippen molar-refractivity contribution in [2.45, 2.75) is 19.6 Å². The van der Waals surface area contributed by atoms with Crippen molar-refractivity contribution >= 4 is 13.9 Å². The van der Waals surface area contributed by atoms with Crippen LogP contribution in [-0.4, -0.2) is 18.7 Å². The second kappa shape index (κ2) is 4.11. The fourth-order valence-corrected chi connectivity index (χ4v) is 0.520. The van der Waals surface area contributed by atoms with Crippen LogP contribution in [0.1, 0.15) is 1.43 Å². The zero-order chi connectivity index (χ0) is 5.91. The third-order valence-electron chi connectivity index (χ3n) is 0.445. The van der Waals surface area contributed by atoms with E-state index in [4.69, 9.17) is 5.53 Å². The quantitative estimate of drug-likeness (QED) is 0.172. The Kier molecular flexibility index (Phi) is 5.68. The van der Waals surface area contributed by atoms with Crippen molar-refractivity contribution in [3.63, 3.8) is 0 Å². The van der Waals surface area contributed by atoms with Gasteiger partial charge in [-0.1, -0.05) is 19.6 Å². The summed E-state index contributed by atoms with van der Waals surface area (Å²) >= 11 is 0. The number of hydrogen-bond acceptors (Lipinski definition) is 0. The van der Waals surface area contributed by atoms with Crippen molar-refractivity contribution in [3.05, 3.63) is 5.53 Å². The second-order valence-corrected chi connectivity index (χ2v) is 7.60. The average Bonchev–Trinajstić information content (AvgIpc) is 1.30. The van der Waals surface area contributed by atoms with Gasteiger partial charge in [-0.3, -0.25) is 0 Å². The summed E-state index contributed by atoms with van der Waals surface area (Å²) in [5.74, 6) is 1.63. The van der Waals surface area contributed by atoms with E-state index in [0.29, 0.717) is 0 Å². The molecule has 0 radical (unpaired) electrons. The third kappa shape index (κ3) is 9.50. The molecule has 0 aliphatic heterocycles. The second-order valence-electron chi connectivity index (χ2n) is 2.61. The van der Waals surface area contributed by atoms with Crippen LogP contribution < -0.4 is 18.9 Å². The van der Waals surface area contributed by atoms with E-state index in [1.165, 1.54) is 0 Å². The Balaban J connectivity index is -0.000000180. The molecule has 0 spiro atoms. The summed E-state index contributed by atoms with van der Waals surface area (Å²) in [7, 11) is -1.20. The Bertz CT molecular complexity index is 106. The van der Waals surface area contributed by atoms with Crippen LogP contribution in [0.15, 0.2) is 0 Å². The van der Waals surface area contributed by atoms with Gasteiger partial charge in [0.05, 0.1) is 0 Å². The first kappa shape index (κ1) is 11.1. The van der Waals surface area contributed by atoms with Gasteiger partial charge in [-0.05, 0) is 0 Å². The Hall–Kier alpha value is 0.194. The van der Waals surface area contributed by atoms with E-state index in [1.807, 2.05) is 0 Å². The largest absolute Gasteiger partial charge is 1.00 e.